The third-order valence-electron chi connectivity index (χ3n) is 2.46. The van der Waals surface area contributed by atoms with Gasteiger partial charge in [0.1, 0.15) is 0 Å². The molecule has 5 heteroatoms. The zero-order valence-corrected chi connectivity index (χ0v) is 9.95. The smallest absolute Gasteiger partial charge is 0.253 e. The number of hydrogen-bond donors (Lipinski definition) is 2. The van der Waals surface area contributed by atoms with E-state index >= 15 is 0 Å². The van der Waals surface area contributed by atoms with Gasteiger partial charge in [-0.1, -0.05) is 6.92 Å². The molecule has 0 aliphatic rings. The molecule has 0 bridgehead atoms. The predicted octanol–water partition coefficient (Wildman–Crippen LogP) is 0.561. The number of aromatic nitrogens is 2. The Bertz CT molecular complexity index is 374. The first-order chi connectivity index (χ1) is 7.58. The first-order valence-corrected chi connectivity index (χ1v) is 5.40. The van der Waals surface area contributed by atoms with E-state index in [1.54, 1.807) is 13.0 Å². The minimum absolute atomic E-state index is 0.0142. The molecule has 1 amide bonds. The maximum atomic E-state index is 11.9. The van der Waals surface area contributed by atoms with Crippen LogP contribution in [0.1, 0.15) is 35.1 Å². The molecule has 0 saturated carbocycles. The largest absolute Gasteiger partial charge is 0.348 e. The summed E-state index contributed by atoms with van der Waals surface area (Å²) in [6.45, 7) is 6.01. The number of aryl methyl sites for hydroxylation is 2. The molecule has 1 rings (SSSR count). The lowest BCUT2D eigenvalue weighted by molar-refractivity contribution is 0.0935. The van der Waals surface area contributed by atoms with Crippen LogP contribution in [-0.4, -0.2) is 28.7 Å². The van der Waals surface area contributed by atoms with Crippen LogP contribution in [0.5, 0.6) is 0 Å². The van der Waals surface area contributed by atoms with E-state index in [0.29, 0.717) is 17.8 Å². The Morgan fingerprint density at radius 3 is 2.75 bits per heavy atom. The van der Waals surface area contributed by atoms with Crippen LogP contribution in [0.25, 0.3) is 0 Å². The van der Waals surface area contributed by atoms with Crippen LogP contribution in [0, 0.1) is 13.8 Å². The molecular weight excluding hydrogens is 204 g/mol. The summed E-state index contributed by atoms with van der Waals surface area (Å²) in [5.74, 6) is -0.132. The van der Waals surface area contributed by atoms with Crippen molar-refractivity contribution in [2.45, 2.75) is 33.2 Å². The summed E-state index contributed by atoms with van der Waals surface area (Å²) in [6.07, 6.45) is 0.818. The summed E-state index contributed by atoms with van der Waals surface area (Å²) >= 11 is 0. The van der Waals surface area contributed by atoms with Crippen molar-refractivity contribution in [3.8, 4) is 0 Å². The molecular formula is C11H18N4O. The van der Waals surface area contributed by atoms with E-state index in [-0.39, 0.29) is 11.9 Å². The van der Waals surface area contributed by atoms with Crippen LogP contribution < -0.4 is 11.1 Å². The molecule has 1 aromatic rings. The zero-order chi connectivity index (χ0) is 12.1. The van der Waals surface area contributed by atoms with E-state index in [4.69, 9.17) is 5.73 Å². The molecule has 0 spiro atoms. The topological polar surface area (TPSA) is 80.9 Å². The molecule has 5 nitrogen and oxygen atoms in total. The Kier molecular flexibility index (Phi) is 4.37. The standard InChI is InChI=1S/C11H18N4O/c1-4-9(6-12)13-11(16)10-5-7(2)14-15-8(10)3/h5,9H,4,6,12H2,1-3H3,(H,13,16). The molecule has 1 aromatic heterocycles. The van der Waals surface area contributed by atoms with E-state index in [9.17, 15) is 4.79 Å². The maximum Gasteiger partial charge on any atom is 0.253 e. The van der Waals surface area contributed by atoms with Gasteiger partial charge < -0.3 is 11.1 Å². The van der Waals surface area contributed by atoms with E-state index in [2.05, 4.69) is 15.5 Å². The Morgan fingerprint density at radius 1 is 1.50 bits per heavy atom. The van der Waals surface area contributed by atoms with Crippen molar-refractivity contribution < 1.29 is 4.79 Å². The minimum atomic E-state index is -0.132. The minimum Gasteiger partial charge on any atom is -0.348 e. The van der Waals surface area contributed by atoms with Crippen LogP contribution in [-0.2, 0) is 0 Å². The van der Waals surface area contributed by atoms with Gasteiger partial charge in [0, 0.05) is 12.6 Å². The van der Waals surface area contributed by atoms with Crippen LogP contribution in [0.2, 0.25) is 0 Å². The molecule has 0 saturated heterocycles. The maximum absolute atomic E-state index is 11.9. The van der Waals surface area contributed by atoms with Crippen LogP contribution >= 0.6 is 0 Å². The Morgan fingerprint density at radius 2 is 2.19 bits per heavy atom. The van der Waals surface area contributed by atoms with Crippen molar-refractivity contribution in [3.63, 3.8) is 0 Å². The quantitative estimate of drug-likeness (QED) is 0.780. The summed E-state index contributed by atoms with van der Waals surface area (Å²) < 4.78 is 0. The van der Waals surface area contributed by atoms with Gasteiger partial charge in [-0.25, -0.2) is 0 Å². The fourth-order valence-electron chi connectivity index (χ4n) is 1.37. The van der Waals surface area contributed by atoms with Gasteiger partial charge in [-0.15, -0.1) is 0 Å². The molecule has 16 heavy (non-hydrogen) atoms. The first-order valence-electron chi connectivity index (χ1n) is 5.40. The van der Waals surface area contributed by atoms with Crippen molar-refractivity contribution in [3.05, 3.63) is 23.0 Å². The zero-order valence-electron chi connectivity index (χ0n) is 9.95. The second kappa shape index (κ2) is 5.55. The number of amides is 1. The number of rotatable bonds is 4. The Hall–Kier alpha value is -1.49. The highest BCUT2D eigenvalue weighted by atomic mass is 16.1. The van der Waals surface area contributed by atoms with Crippen molar-refractivity contribution >= 4 is 5.91 Å². The Labute approximate surface area is 95.4 Å². The van der Waals surface area contributed by atoms with Gasteiger partial charge in [0.2, 0.25) is 0 Å². The third-order valence-corrected chi connectivity index (χ3v) is 2.46. The van der Waals surface area contributed by atoms with Gasteiger partial charge in [0.25, 0.3) is 5.91 Å². The lowest BCUT2D eigenvalue weighted by Crippen LogP contribution is -2.40. The predicted molar refractivity (Wildman–Crippen MR) is 62.1 cm³/mol. The molecule has 0 radical (unpaired) electrons. The van der Waals surface area contributed by atoms with E-state index in [0.717, 1.165) is 12.1 Å². The third kappa shape index (κ3) is 3.00. The van der Waals surface area contributed by atoms with E-state index < -0.39 is 0 Å². The van der Waals surface area contributed by atoms with Crippen LogP contribution in [0.4, 0.5) is 0 Å². The summed E-state index contributed by atoms with van der Waals surface area (Å²) in [7, 11) is 0. The summed E-state index contributed by atoms with van der Waals surface area (Å²) in [4.78, 5) is 11.9. The molecule has 88 valence electrons. The van der Waals surface area contributed by atoms with Gasteiger partial charge in [0.05, 0.1) is 17.0 Å². The number of carbonyl (C=O) groups is 1. The van der Waals surface area contributed by atoms with Gasteiger partial charge in [0.15, 0.2) is 0 Å². The van der Waals surface area contributed by atoms with Gasteiger partial charge >= 0.3 is 0 Å². The molecule has 0 fully saturated rings. The first kappa shape index (κ1) is 12.6. The SMILES string of the molecule is CCC(CN)NC(=O)c1cc(C)nnc1C. The summed E-state index contributed by atoms with van der Waals surface area (Å²) in [5.41, 5.74) is 7.47. The van der Waals surface area contributed by atoms with Crippen LogP contribution in [0.3, 0.4) is 0 Å². The van der Waals surface area contributed by atoms with Crippen molar-refractivity contribution in [1.29, 1.82) is 0 Å². The lowest BCUT2D eigenvalue weighted by atomic mass is 10.1. The Balaban J connectivity index is 2.83. The lowest BCUT2D eigenvalue weighted by Gasteiger charge is -2.15. The normalized spacial score (nSPS) is 12.2. The van der Waals surface area contributed by atoms with E-state index in [1.807, 2.05) is 13.8 Å². The van der Waals surface area contributed by atoms with Crippen molar-refractivity contribution in [2.75, 3.05) is 6.54 Å². The van der Waals surface area contributed by atoms with Crippen LogP contribution in [0.15, 0.2) is 6.07 Å². The number of carbonyl (C=O) groups excluding carboxylic acids is 1. The van der Waals surface area contributed by atoms with Crippen molar-refractivity contribution in [2.24, 2.45) is 5.73 Å². The molecule has 1 heterocycles. The second-order valence-corrected chi connectivity index (χ2v) is 3.80. The average Bonchev–Trinajstić information content (AvgIpc) is 2.28. The summed E-state index contributed by atoms with van der Waals surface area (Å²) in [5, 5.41) is 10.7. The fraction of sp³-hybridized carbons (Fsp3) is 0.545. The molecule has 0 aliphatic heterocycles. The van der Waals surface area contributed by atoms with E-state index in [1.165, 1.54) is 0 Å². The number of nitrogens with one attached hydrogen (secondary N) is 1. The van der Waals surface area contributed by atoms with Gasteiger partial charge in [-0.2, -0.15) is 10.2 Å². The van der Waals surface area contributed by atoms with Crippen molar-refractivity contribution in [1.82, 2.24) is 15.5 Å². The molecule has 0 aromatic carbocycles. The highest BCUT2D eigenvalue weighted by Gasteiger charge is 2.14. The monoisotopic (exact) mass is 222 g/mol. The summed E-state index contributed by atoms with van der Waals surface area (Å²) in [6, 6.07) is 1.75. The molecule has 3 N–H and O–H groups in total. The number of nitrogens with two attached hydrogens (primary N) is 1. The highest BCUT2D eigenvalue weighted by Crippen LogP contribution is 2.05. The average molecular weight is 222 g/mol. The number of hydrogen-bond acceptors (Lipinski definition) is 4. The number of nitrogens with zero attached hydrogens (tertiary/aromatic N) is 2. The molecule has 1 unspecified atom stereocenters. The fourth-order valence-corrected chi connectivity index (χ4v) is 1.37. The van der Waals surface area contributed by atoms with Gasteiger partial charge in [-0.05, 0) is 26.3 Å². The molecule has 1 atom stereocenters. The highest BCUT2D eigenvalue weighted by molar-refractivity contribution is 5.95. The van der Waals surface area contributed by atoms with Gasteiger partial charge in [-0.3, -0.25) is 4.79 Å². The molecule has 0 aliphatic carbocycles. The second-order valence-electron chi connectivity index (χ2n) is 3.80.